The van der Waals surface area contributed by atoms with Crippen LogP contribution in [0.1, 0.15) is 60.0 Å². The van der Waals surface area contributed by atoms with Crippen LogP contribution in [0.3, 0.4) is 0 Å². The van der Waals surface area contributed by atoms with E-state index in [0.29, 0.717) is 12.0 Å². The molecule has 1 saturated heterocycles. The van der Waals surface area contributed by atoms with E-state index < -0.39 is 0 Å². The molecule has 3 atom stereocenters. The van der Waals surface area contributed by atoms with Crippen molar-refractivity contribution >= 4 is 5.69 Å². The second-order valence-corrected chi connectivity index (χ2v) is 8.98. The van der Waals surface area contributed by atoms with Crippen LogP contribution in [0.4, 0.5) is 5.69 Å². The lowest BCUT2D eigenvalue weighted by molar-refractivity contribution is 0.144. The molecule has 0 aromatic heterocycles. The van der Waals surface area contributed by atoms with Gasteiger partial charge in [0.05, 0.1) is 6.10 Å². The van der Waals surface area contributed by atoms with Crippen LogP contribution in [0, 0.1) is 6.92 Å². The summed E-state index contributed by atoms with van der Waals surface area (Å²) in [5.41, 5.74) is 7.06. The van der Waals surface area contributed by atoms with Gasteiger partial charge in [-0.2, -0.15) is 0 Å². The number of aryl methyl sites for hydroxylation is 2. The summed E-state index contributed by atoms with van der Waals surface area (Å²) in [6.45, 7) is 6.81. The highest BCUT2D eigenvalue weighted by atomic mass is 16.3. The molecular weight excluding hydrogens is 344 g/mol. The molecule has 5 rings (SSSR count). The summed E-state index contributed by atoms with van der Waals surface area (Å²) in [4.78, 5) is 5.37. The van der Waals surface area contributed by atoms with E-state index in [1.807, 2.05) is 0 Å². The van der Waals surface area contributed by atoms with Crippen molar-refractivity contribution in [2.75, 3.05) is 31.1 Å². The molecule has 148 valence electrons. The van der Waals surface area contributed by atoms with Gasteiger partial charge in [-0.05, 0) is 62.3 Å². The van der Waals surface area contributed by atoms with E-state index in [2.05, 4.69) is 59.2 Å². The number of piperidine rings is 1. The number of hydrogen-bond donors (Lipinski definition) is 1. The standard InChI is InChI=1S/C25H32N2O/c1-18-9-11-19(12-10-18)24(28)8-4-14-26-16-13-23-22(17-26)21-7-2-5-20-6-3-15-27(23)25(20)21/h2,5,7,9-12,22-24,28H,3-4,6,8,13-17H2,1H3/t22-,23-,24+/m0/s1. The van der Waals surface area contributed by atoms with E-state index in [9.17, 15) is 5.11 Å². The molecule has 3 aliphatic heterocycles. The lowest BCUT2D eigenvalue weighted by Crippen LogP contribution is -2.47. The highest BCUT2D eigenvalue weighted by molar-refractivity contribution is 5.68. The summed E-state index contributed by atoms with van der Waals surface area (Å²) in [5, 5.41) is 10.5. The minimum absolute atomic E-state index is 0.336. The normalized spacial score (nSPS) is 24.7. The Labute approximate surface area is 169 Å². The first-order chi connectivity index (χ1) is 13.7. The third-order valence-corrected chi connectivity index (χ3v) is 7.16. The largest absolute Gasteiger partial charge is 0.388 e. The molecule has 1 N–H and O–H groups in total. The Morgan fingerprint density at radius 1 is 1.11 bits per heavy atom. The van der Waals surface area contributed by atoms with Crippen LogP contribution in [0.25, 0.3) is 0 Å². The van der Waals surface area contributed by atoms with E-state index in [-0.39, 0.29) is 6.10 Å². The Bertz CT molecular complexity index is 831. The number of aliphatic hydroxyl groups excluding tert-OH is 1. The van der Waals surface area contributed by atoms with Crippen molar-refractivity contribution < 1.29 is 5.11 Å². The van der Waals surface area contributed by atoms with Gasteiger partial charge in [-0.25, -0.2) is 0 Å². The van der Waals surface area contributed by atoms with Gasteiger partial charge < -0.3 is 14.9 Å². The average molecular weight is 377 g/mol. The highest BCUT2D eigenvalue weighted by Gasteiger charge is 2.43. The van der Waals surface area contributed by atoms with Crippen LogP contribution in [-0.4, -0.2) is 42.2 Å². The fraction of sp³-hybridized carbons (Fsp3) is 0.520. The molecule has 2 aromatic carbocycles. The summed E-state index contributed by atoms with van der Waals surface area (Å²) >= 11 is 0. The average Bonchev–Trinajstić information content (AvgIpc) is 3.04. The van der Waals surface area contributed by atoms with E-state index in [4.69, 9.17) is 0 Å². The molecule has 3 aliphatic rings. The predicted molar refractivity (Wildman–Crippen MR) is 115 cm³/mol. The first kappa shape index (κ1) is 18.2. The van der Waals surface area contributed by atoms with Gasteiger partial charge in [-0.1, -0.05) is 48.0 Å². The van der Waals surface area contributed by atoms with Crippen LogP contribution in [-0.2, 0) is 6.42 Å². The van der Waals surface area contributed by atoms with Gasteiger partial charge in [-0.15, -0.1) is 0 Å². The molecule has 0 amide bonds. The molecule has 0 aliphatic carbocycles. The van der Waals surface area contributed by atoms with Crippen molar-refractivity contribution in [1.82, 2.24) is 4.90 Å². The quantitative estimate of drug-likeness (QED) is 0.836. The third kappa shape index (κ3) is 3.25. The number of likely N-dealkylation sites (tertiary alicyclic amines) is 1. The Balaban J connectivity index is 1.20. The van der Waals surface area contributed by atoms with Crippen LogP contribution in [0.5, 0.6) is 0 Å². The number of benzene rings is 2. The maximum atomic E-state index is 10.5. The Kier molecular flexibility index (Phi) is 4.90. The number of hydrogen-bond acceptors (Lipinski definition) is 3. The van der Waals surface area contributed by atoms with E-state index in [1.165, 1.54) is 44.5 Å². The van der Waals surface area contributed by atoms with Crippen LogP contribution in [0.15, 0.2) is 42.5 Å². The monoisotopic (exact) mass is 376 g/mol. The number of anilines is 1. The van der Waals surface area contributed by atoms with Crippen molar-refractivity contribution in [3.05, 3.63) is 64.7 Å². The molecule has 0 saturated carbocycles. The molecule has 0 unspecified atom stereocenters. The number of para-hydroxylation sites is 1. The molecular formula is C25H32N2O. The van der Waals surface area contributed by atoms with Crippen LogP contribution < -0.4 is 4.90 Å². The number of nitrogens with zero attached hydrogens (tertiary/aromatic N) is 2. The highest BCUT2D eigenvalue weighted by Crippen LogP contribution is 2.48. The third-order valence-electron chi connectivity index (χ3n) is 7.16. The molecule has 3 heterocycles. The summed E-state index contributed by atoms with van der Waals surface area (Å²) in [6, 6.07) is 16.0. The molecule has 1 fully saturated rings. The molecule has 0 spiro atoms. The lowest BCUT2D eigenvalue weighted by Gasteiger charge is -2.40. The van der Waals surface area contributed by atoms with E-state index in [0.717, 1.165) is 24.9 Å². The van der Waals surface area contributed by atoms with Crippen molar-refractivity contribution in [3.8, 4) is 0 Å². The molecule has 2 aromatic rings. The maximum absolute atomic E-state index is 10.5. The first-order valence-electron chi connectivity index (χ1n) is 11.1. The van der Waals surface area contributed by atoms with Gasteiger partial charge in [0.1, 0.15) is 0 Å². The number of fused-ring (bicyclic) bond motifs is 3. The molecule has 3 nitrogen and oxygen atoms in total. The SMILES string of the molecule is Cc1ccc([C@H](O)CCCN2CC[C@H]3[C@@H](C2)c2cccc4c2N3CCC4)cc1. The summed E-state index contributed by atoms with van der Waals surface area (Å²) in [5.74, 6) is 0.670. The van der Waals surface area contributed by atoms with Gasteiger partial charge in [0.25, 0.3) is 0 Å². The van der Waals surface area contributed by atoms with Crippen molar-refractivity contribution in [3.63, 3.8) is 0 Å². The molecule has 3 heteroatoms. The first-order valence-corrected chi connectivity index (χ1v) is 11.1. The second kappa shape index (κ2) is 7.53. The van der Waals surface area contributed by atoms with Crippen LogP contribution >= 0.6 is 0 Å². The van der Waals surface area contributed by atoms with Gasteiger partial charge in [0.15, 0.2) is 0 Å². The maximum Gasteiger partial charge on any atom is 0.0790 e. The zero-order chi connectivity index (χ0) is 19.1. The molecule has 0 bridgehead atoms. The predicted octanol–water partition coefficient (Wildman–Crippen LogP) is 4.43. The van der Waals surface area contributed by atoms with E-state index in [1.54, 1.807) is 16.8 Å². The minimum Gasteiger partial charge on any atom is -0.388 e. The zero-order valence-electron chi connectivity index (χ0n) is 17.0. The molecule has 28 heavy (non-hydrogen) atoms. The molecule has 0 radical (unpaired) electrons. The van der Waals surface area contributed by atoms with Gasteiger partial charge in [0.2, 0.25) is 0 Å². The zero-order valence-corrected chi connectivity index (χ0v) is 17.0. The topological polar surface area (TPSA) is 26.7 Å². The van der Waals surface area contributed by atoms with Gasteiger partial charge in [0, 0.05) is 37.3 Å². The fourth-order valence-corrected chi connectivity index (χ4v) is 5.70. The lowest BCUT2D eigenvalue weighted by atomic mass is 9.88. The second-order valence-electron chi connectivity index (χ2n) is 8.98. The van der Waals surface area contributed by atoms with E-state index >= 15 is 0 Å². The fourth-order valence-electron chi connectivity index (χ4n) is 5.70. The minimum atomic E-state index is -0.336. The van der Waals surface area contributed by atoms with Crippen LogP contribution in [0.2, 0.25) is 0 Å². The van der Waals surface area contributed by atoms with Crippen molar-refractivity contribution in [2.24, 2.45) is 0 Å². The summed E-state index contributed by atoms with van der Waals surface area (Å²) in [7, 11) is 0. The van der Waals surface area contributed by atoms with Gasteiger partial charge >= 0.3 is 0 Å². The summed E-state index contributed by atoms with van der Waals surface area (Å²) in [6.07, 6.45) is 5.40. The summed E-state index contributed by atoms with van der Waals surface area (Å²) < 4.78 is 0. The Morgan fingerprint density at radius 2 is 1.96 bits per heavy atom. The smallest absolute Gasteiger partial charge is 0.0790 e. The Morgan fingerprint density at radius 3 is 2.82 bits per heavy atom. The Hall–Kier alpha value is -1.84. The number of rotatable bonds is 5. The van der Waals surface area contributed by atoms with Crippen molar-refractivity contribution in [2.45, 2.75) is 57.1 Å². The number of aliphatic hydroxyl groups is 1. The van der Waals surface area contributed by atoms with Gasteiger partial charge in [-0.3, -0.25) is 0 Å². The van der Waals surface area contributed by atoms with Crippen molar-refractivity contribution in [1.29, 1.82) is 0 Å².